The fourth-order valence-corrected chi connectivity index (χ4v) is 1.80. The van der Waals surface area contributed by atoms with Crippen molar-refractivity contribution in [3.63, 3.8) is 0 Å². The van der Waals surface area contributed by atoms with E-state index >= 15 is 0 Å². The van der Waals surface area contributed by atoms with Gasteiger partial charge in [-0.1, -0.05) is 18.5 Å². The third kappa shape index (κ3) is 5.34. The van der Waals surface area contributed by atoms with Gasteiger partial charge < -0.3 is 21.1 Å². The maximum atomic E-state index is 12.1. The Morgan fingerprint density at radius 2 is 2.14 bits per heavy atom. The van der Waals surface area contributed by atoms with E-state index in [2.05, 4.69) is 10.6 Å². The molecule has 0 fully saturated rings. The van der Waals surface area contributed by atoms with Crippen LogP contribution >= 0.6 is 11.6 Å². The molecule has 7 heteroatoms. The second-order valence-corrected chi connectivity index (χ2v) is 4.93. The predicted octanol–water partition coefficient (Wildman–Crippen LogP) is 1.39. The van der Waals surface area contributed by atoms with E-state index in [1.54, 1.807) is 12.1 Å². The van der Waals surface area contributed by atoms with E-state index < -0.39 is 11.9 Å². The maximum Gasteiger partial charge on any atom is 0.253 e. The Morgan fingerprint density at radius 3 is 2.76 bits per heavy atom. The van der Waals surface area contributed by atoms with Gasteiger partial charge >= 0.3 is 0 Å². The first kappa shape index (κ1) is 17.4. The average molecular weight is 314 g/mol. The van der Waals surface area contributed by atoms with Gasteiger partial charge in [0.05, 0.1) is 17.9 Å². The topological polar surface area (TPSA) is 93.5 Å². The molecular formula is C14H20ClN3O3. The van der Waals surface area contributed by atoms with Crippen LogP contribution in [-0.4, -0.2) is 38.1 Å². The van der Waals surface area contributed by atoms with Crippen LogP contribution in [0.2, 0.25) is 5.02 Å². The van der Waals surface area contributed by atoms with Crippen LogP contribution in [0.3, 0.4) is 0 Å². The molecule has 1 atom stereocenters. The van der Waals surface area contributed by atoms with E-state index in [4.69, 9.17) is 22.1 Å². The first-order valence-corrected chi connectivity index (χ1v) is 7.00. The minimum Gasteiger partial charge on any atom is -0.383 e. The zero-order chi connectivity index (χ0) is 15.8. The Morgan fingerprint density at radius 1 is 1.43 bits per heavy atom. The van der Waals surface area contributed by atoms with Crippen molar-refractivity contribution in [2.45, 2.75) is 19.4 Å². The van der Waals surface area contributed by atoms with E-state index in [1.165, 1.54) is 13.2 Å². The molecule has 1 aromatic carbocycles. The molecule has 1 unspecified atom stereocenters. The van der Waals surface area contributed by atoms with E-state index in [0.717, 1.165) is 6.42 Å². The zero-order valence-corrected chi connectivity index (χ0v) is 12.9. The molecule has 116 valence electrons. The normalized spacial score (nSPS) is 11.8. The van der Waals surface area contributed by atoms with E-state index in [-0.39, 0.29) is 12.5 Å². The first-order chi connectivity index (χ1) is 9.99. The van der Waals surface area contributed by atoms with Crippen molar-refractivity contribution >= 4 is 29.1 Å². The summed E-state index contributed by atoms with van der Waals surface area (Å²) in [6.07, 6.45) is 0.819. The number of carbonyl (C=O) groups excluding carboxylic acids is 2. The summed E-state index contributed by atoms with van der Waals surface area (Å²) in [4.78, 5) is 24.0. The van der Waals surface area contributed by atoms with Crippen molar-refractivity contribution in [3.05, 3.63) is 28.8 Å². The lowest BCUT2D eigenvalue weighted by molar-refractivity contribution is -0.118. The van der Waals surface area contributed by atoms with Crippen molar-refractivity contribution in [2.24, 2.45) is 5.73 Å². The minimum absolute atomic E-state index is 0.0871. The summed E-state index contributed by atoms with van der Waals surface area (Å²) < 4.78 is 4.83. The van der Waals surface area contributed by atoms with Gasteiger partial charge in [0.2, 0.25) is 5.91 Å². The summed E-state index contributed by atoms with van der Waals surface area (Å²) in [6, 6.07) is 3.85. The molecule has 0 spiro atoms. The zero-order valence-electron chi connectivity index (χ0n) is 12.1. The van der Waals surface area contributed by atoms with Gasteiger partial charge in [-0.2, -0.15) is 0 Å². The molecule has 0 aliphatic carbocycles. The molecule has 0 aromatic heterocycles. The summed E-state index contributed by atoms with van der Waals surface area (Å²) in [5.41, 5.74) is 6.31. The highest BCUT2D eigenvalue weighted by molar-refractivity contribution is 6.31. The molecule has 21 heavy (non-hydrogen) atoms. The average Bonchev–Trinajstić information content (AvgIpc) is 2.45. The third-order valence-corrected chi connectivity index (χ3v) is 2.94. The van der Waals surface area contributed by atoms with Crippen LogP contribution in [0.15, 0.2) is 18.2 Å². The molecule has 6 nitrogen and oxygen atoms in total. The molecular weight excluding hydrogens is 294 g/mol. The number of amides is 2. The van der Waals surface area contributed by atoms with Gasteiger partial charge in [-0.3, -0.25) is 9.59 Å². The molecule has 0 aliphatic rings. The Hall–Kier alpha value is -1.63. The fourth-order valence-electron chi connectivity index (χ4n) is 1.63. The van der Waals surface area contributed by atoms with E-state index in [1.807, 2.05) is 6.92 Å². The minimum atomic E-state index is -0.819. The molecule has 0 heterocycles. The standard InChI is InChI=1S/C14H20ClN3O3/c1-3-6-17-13(19)10-5-4-9(15)7-12(10)18-14(20)11(16)8-21-2/h4-5,7,11H,3,6,8,16H2,1-2H3,(H,17,19)(H,18,20). The number of methoxy groups -OCH3 is 1. The lowest BCUT2D eigenvalue weighted by Crippen LogP contribution is -2.39. The second-order valence-electron chi connectivity index (χ2n) is 4.50. The Labute approximate surface area is 129 Å². The molecule has 2 amide bonds. The highest BCUT2D eigenvalue weighted by Gasteiger charge is 2.17. The highest BCUT2D eigenvalue weighted by atomic mass is 35.5. The molecule has 1 aromatic rings. The van der Waals surface area contributed by atoms with E-state index in [9.17, 15) is 9.59 Å². The number of rotatable bonds is 7. The van der Waals surface area contributed by atoms with Crippen LogP contribution in [0, 0.1) is 0 Å². The summed E-state index contributed by atoms with van der Waals surface area (Å²) >= 11 is 5.91. The van der Waals surface area contributed by atoms with Crippen molar-refractivity contribution in [1.82, 2.24) is 5.32 Å². The third-order valence-electron chi connectivity index (χ3n) is 2.70. The van der Waals surface area contributed by atoms with Gasteiger partial charge in [0.1, 0.15) is 6.04 Å². The highest BCUT2D eigenvalue weighted by Crippen LogP contribution is 2.21. The summed E-state index contributed by atoms with van der Waals surface area (Å²) in [5, 5.41) is 5.77. The number of anilines is 1. The molecule has 0 aliphatic heterocycles. The van der Waals surface area contributed by atoms with Crippen molar-refractivity contribution < 1.29 is 14.3 Å². The first-order valence-electron chi connectivity index (χ1n) is 6.62. The smallest absolute Gasteiger partial charge is 0.253 e. The van der Waals surface area contributed by atoms with Gasteiger partial charge in [-0.05, 0) is 24.6 Å². The summed E-state index contributed by atoms with van der Waals surface area (Å²) in [6.45, 7) is 2.59. The molecule has 0 saturated heterocycles. The summed E-state index contributed by atoms with van der Waals surface area (Å²) in [7, 11) is 1.45. The molecule has 0 bridgehead atoms. The van der Waals surface area contributed by atoms with Crippen LogP contribution in [0.5, 0.6) is 0 Å². The van der Waals surface area contributed by atoms with Crippen LogP contribution in [0.4, 0.5) is 5.69 Å². The number of benzene rings is 1. The number of nitrogens with one attached hydrogen (secondary N) is 2. The van der Waals surface area contributed by atoms with Gasteiger partial charge in [-0.25, -0.2) is 0 Å². The van der Waals surface area contributed by atoms with Crippen molar-refractivity contribution in [2.75, 3.05) is 25.6 Å². The van der Waals surface area contributed by atoms with Crippen LogP contribution in [0.1, 0.15) is 23.7 Å². The van der Waals surface area contributed by atoms with Crippen LogP contribution < -0.4 is 16.4 Å². The number of nitrogens with two attached hydrogens (primary N) is 1. The Kier molecular flexibility index (Phi) is 7.14. The van der Waals surface area contributed by atoms with Crippen LogP contribution in [0.25, 0.3) is 0 Å². The van der Waals surface area contributed by atoms with Crippen molar-refractivity contribution in [1.29, 1.82) is 0 Å². The molecule has 0 radical (unpaired) electrons. The summed E-state index contributed by atoms with van der Waals surface area (Å²) in [5.74, 6) is -0.715. The van der Waals surface area contributed by atoms with Crippen LogP contribution in [-0.2, 0) is 9.53 Å². The molecule has 0 saturated carbocycles. The number of halogens is 1. The molecule has 4 N–H and O–H groups in total. The maximum absolute atomic E-state index is 12.1. The number of carbonyl (C=O) groups is 2. The second kappa shape index (κ2) is 8.61. The Balaban J connectivity index is 2.91. The number of hydrogen-bond acceptors (Lipinski definition) is 4. The SMILES string of the molecule is CCCNC(=O)c1ccc(Cl)cc1NC(=O)C(N)COC. The van der Waals surface area contributed by atoms with Gasteiger partial charge in [0.25, 0.3) is 5.91 Å². The van der Waals surface area contributed by atoms with Gasteiger partial charge in [0.15, 0.2) is 0 Å². The monoisotopic (exact) mass is 313 g/mol. The van der Waals surface area contributed by atoms with Crippen molar-refractivity contribution in [3.8, 4) is 0 Å². The quantitative estimate of drug-likeness (QED) is 0.709. The number of hydrogen-bond donors (Lipinski definition) is 3. The lowest BCUT2D eigenvalue weighted by atomic mass is 10.1. The van der Waals surface area contributed by atoms with E-state index in [0.29, 0.717) is 22.8 Å². The fraction of sp³-hybridized carbons (Fsp3) is 0.429. The lowest BCUT2D eigenvalue weighted by Gasteiger charge is -2.14. The Bertz CT molecular complexity index is 508. The number of ether oxygens (including phenoxy) is 1. The predicted molar refractivity (Wildman–Crippen MR) is 82.6 cm³/mol. The molecule has 1 rings (SSSR count). The van der Waals surface area contributed by atoms with Gasteiger partial charge in [0, 0.05) is 18.7 Å². The van der Waals surface area contributed by atoms with Gasteiger partial charge in [-0.15, -0.1) is 0 Å². The largest absolute Gasteiger partial charge is 0.383 e.